The number of aryl methyl sites for hydroxylation is 2. The van der Waals surface area contributed by atoms with Gasteiger partial charge in [0.1, 0.15) is 5.82 Å². The van der Waals surface area contributed by atoms with E-state index in [2.05, 4.69) is 0 Å². The van der Waals surface area contributed by atoms with Crippen molar-refractivity contribution < 1.29 is 30.4 Å². The highest BCUT2D eigenvalue weighted by Crippen LogP contribution is 2.38. The zero-order valence-electron chi connectivity index (χ0n) is 15.2. The molecule has 0 saturated carbocycles. The first-order chi connectivity index (χ1) is 13.5. The summed E-state index contributed by atoms with van der Waals surface area (Å²) in [4.78, 5) is -0.304. The van der Waals surface area contributed by atoms with Gasteiger partial charge in [0.2, 0.25) is 0 Å². The van der Waals surface area contributed by atoms with Crippen LogP contribution in [0.2, 0.25) is 0 Å². The van der Waals surface area contributed by atoms with Crippen LogP contribution in [0, 0.1) is 42.9 Å². The summed E-state index contributed by atoms with van der Waals surface area (Å²) in [6, 6.07) is 8.85. The van der Waals surface area contributed by atoms with Crippen LogP contribution in [-0.4, -0.2) is 8.42 Å². The second kappa shape index (κ2) is 7.47. The van der Waals surface area contributed by atoms with Crippen LogP contribution < -0.4 is 4.72 Å². The first-order valence-electron chi connectivity index (χ1n) is 8.25. The van der Waals surface area contributed by atoms with Crippen molar-refractivity contribution in [3.63, 3.8) is 0 Å². The van der Waals surface area contributed by atoms with E-state index in [0.717, 1.165) is 12.1 Å². The Morgan fingerprint density at radius 2 is 1.24 bits per heavy atom. The average molecular weight is 427 g/mol. The van der Waals surface area contributed by atoms with Crippen LogP contribution in [0.1, 0.15) is 11.1 Å². The highest BCUT2D eigenvalue weighted by molar-refractivity contribution is 7.92. The fourth-order valence-corrected chi connectivity index (χ4v) is 3.98. The molecular formula is C20H14F5NO2S. The molecule has 0 aliphatic carbocycles. The van der Waals surface area contributed by atoms with Crippen LogP contribution in [0.3, 0.4) is 0 Å². The van der Waals surface area contributed by atoms with Crippen molar-refractivity contribution in [3.05, 3.63) is 82.7 Å². The van der Waals surface area contributed by atoms with Gasteiger partial charge in [0, 0.05) is 5.56 Å². The molecule has 0 spiro atoms. The Kier molecular flexibility index (Phi) is 5.36. The minimum absolute atomic E-state index is 0.0291. The van der Waals surface area contributed by atoms with Crippen LogP contribution >= 0.6 is 0 Å². The van der Waals surface area contributed by atoms with Gasteiger partial charge in [-0.15, -0.1) is 0 Å². The predicted molar refractivity (Wildman–Crippen MR) is 98.4 cm³/mol. The van der Waals surface area contributed by atoms with E-state index in [0.29, 0.717) is 0 Å². The lowest BCUT2D eigenvalue weighted by atomic mass is 9.97. The molecule has 9 heteroatoms. The van der Waals surface area contributed by atoms with Crippen molar-refractivity contribution in [1.29, 1.82) is 0 Å². The molecule has 3 rings (SSSR count). The van der Waals surface area contributed by atoms with Gasteiger partial charge in [0.15, 0.2) is 23.3 Å². The Morgan fingerprint density at radius 3 is 1.79 bits per heavy atom. The number of halogens is 5. The highest BCUT2D eigenvalue weighted by atomic mass is 32.2. The van der Waals surface area contributed by atoms with E-state index in [4.69, 9.17) is 0 Å². The van der Waals surface area contributed by atoms with Crippen LogP contribution in [0.4, 0.5) is 27.6 Å². The molecule has 0 aromatic heterocycles. The molecule has 3 nitrogen and oxygen atoms in total. The van der Waals surface area contributed by atoms with Crippen molar-refractivity contribution in [2.24, 2.45) is 0 Å². The third-order valence-corrected chi connectivity index (χ3v) is 5.65. The van der Waals surface area contributed by atoms with E-state index in [9.17, 15) is 30.4 Å². The SMILES string of the molecule is Cc1cc(-c2c(F)c(F)c(F)c(F)c2NS(=O)(=O)c2ccccc2)cc(C)c1F. The third kappa shape index (κ3) is 3.69. The van der Waals surface area contributed by atoms with Crippen LogP contribution in [0.5, 0.6) is 0 Å². The van der Waals surface area contributed by atoms with Gasteiger partial charge in [-0.1, -0.05) is 18.2 Å². The van der Waals surface area contributed by atoms with Gasteiger partial charge in [0.25, 0.3) is 10.0 Å². The molecule has 0 aliphatic rings. The molecule has 152 valence electrons. The van der Waals surface area contributed by atoms with Gasteiger partial charge >= 0.3 is 0 Å². The van der Waals surface area contributed by atoms with Gasteiger partial charge in [-0.3, -0.25) is 4.72 Å². The number of rotatable bonds is 4. The normalized spacial score (nSPS) is 11.6. The maximum Gasteiger partial charge on any atom is 0.262 e. The molecule has 0 amide bonds. The first kappa shape index (κ1) is 20.8. The number of nitrogens with one attached hydrogen (secondary N) is 1. The largest absolute Gasteiger partial charge is 0.276 e. The number of benzene rings is 3. The quantitative estimate of drug-likeness (QED) is 0.341. The smallest absolute Gasteiger partial charge is 0.262 e. The Labute approximate surface area is 163 Å². The monoisotopic (exact) mass is 427 g/mol. The van der Waals surface area contributed by atoms with Gasteiger partial charge in [-0.25, -0.2) is 30.4 Å². The van der Waals surface area contributed by atoms with E-state index in [1.54, 1.807) is 4.72 Å². The summed E-state index contributed by atoms with van der Waals surface area (Å²) in [5.41, 5.74) is -2.15. The van der Waals surface area contributed by atoms with Crippen molar-refractivity contribution in [2.75, 3.05) is 4.72 Å². The summed E-state index contributed by atoms with van der Waals surface area (Å²) in [6.07, 6.45) is 0. The lowest BCUT2D eigenvalue weighted by molar-refractivity contribution is 0.413. The van der Waals surface area contributed by atoms with Crippen molar-refractivity contribution >= 4 is 15.7 Å². The minimum atomic E-state index is -4.46. The van der Waals surface area contributed by atoms with Crippen molar-refractivity contribution in [3.8, 4) is 11.1 Å². The summed E-state index contributed by atoms with van der Waals surface area (Å²) < 4.78 is 97.8. The summed E-state index contributed by atoms with van der Waals surface area (Å²) >= 11 is 0. The van der Waals surface area contributed by atoms with E-state index >= 15 is 0 Å². The Morgan fingerprint density at radius 1 is 0.724 bits per heavy atom. The van der Waals surface area contributed by atoms with E-state index < -0.39 is 50.4 Å². The van der Waals surface area contributed by atoms with E-state index in [-0.39, 0.29) is 21.6 Å². The molecule has 0 heterocycles. The summed E-state index contributed by atoms with van der Waals surface area (Å²) in [7, 11) is -4.46. The number of sulfonamides is 1. The second-order valence-corrected chi connectivity index (χ2v) is 8.03. The molecule has 29 heavy (non-hydrogen) atoms. The minimum Gasteiger partial charge on any atom is -0.276 e. The fourth-order valence-electron chi connectivity index (χ4n) is 2.88. The lowest BCUT2D eigenvalue weighted by Gasteiger charge is -2.17. The van der Waals surface area contributed by atoms with Gasteiger partial charge in [0.05, 0.1) is 10.6 Å². The number of anilines is 1. The topological polar surface area (TPSA) is 46.2 Å². The van der Waals surface area contributed by atoms with E-state index in [1.165, 1.54) is 44.2 Å². The standard InChI is InChI=1S/C20H14F5NO2S/c1-10-8-12(9-11(2)15(10)21)14-16(22)17(23)18(24)19(25)20(14)26-29(27,28)13-6-4-3-5-7-13/h3-9,26H,1-2H3. The Bertz CT molecular complexity index is 1190. The molecule has 3 aromatic rings. The maximum atomic E-state index is 14.6. The fraction of sp³-hybridized carbons (Fsp3) is 0.100. The molecule has 0 aliphatic heterocycles. The van der Waals surface area contributed by atoms with Crippen LogP contribution in [-0.2, 0) is 10.0 Å². The van der Waals surface area contributed by atoms with Crippen molar-refractivity contribution in [1.82, 2.24) is 0 Å². The molecule has 0 radical (unpaired) electrons. The molecular weight excluding hydrogens is 413 g/mol. The summed E-state index contributed by atoms with van der Waals surface area (Å²) in [5.74, 6) is -8.63. The molecule has 0 fully saturated rings. The first-order valence-corrected chi connectivity index (χ1v) is 9.74. The molecule has 1 N–H and O–H groups in total. The van der Waals surface area contributed by atoms with Crippen LogP contribution in [0.25, 0.3) is 11.1 Å². The van der Waals surface area contributed by atoms with Gasteiger partial charge in [-0.2, -0.15) is 0 Å². The number of hydrogen-bond donors (Lipinski definition) is 1. The maximum absolute atomic E-state index is 14.6. The molecule has 0 saturated heterocycles. The van der Waals surface area contributed by atoms with Crippen LogP contribution in [0.15, 0.2) is 47.4 Å². The summed E-state index contributed by atoms with van der Waals surface area (Å²) in [5, 5.41) is 0. The highest BCUT2D eigenvalue weighted by Gasteiger charge is 2.29. The van der Waals surface area contributed by atoms with Gasteiger partial charge < -0.3 is 0 Å². The molecule has 0 bridgehead atoms. The number of hydrogen-bond acceptors (Lipinski definition) is 2. The average Bonchev–Trinajstić information content (AvgIpc) is 2.69. The molecule has 3 aromatic carbocycles. The summed E-state index contributed by atoms with van der Waals surface area (Å²) in [6.45, 7) is 2.68. The molecule has 0 unspecified atom stereocenters. The molecule has 0 atom stereocenters. The lowest BCUT2D eigenvalue weighted by Crippen LogP contribution is -2.17. The zero-order valence-corrected chi connectivity index (χ0v) is 16.0. The predicted octanol–water partition coefficient (Wildman–Crippen LogP) is 5.47. The second-order valence-electron chi connectivity index (χ2n) is 6.35. The third-order valence-electron chi connectivity index (χ3n) is 4.28. The Hall–Kier alpha value is -2.94. The Balaban J connectivity index is 2.30. The zero-order chi connectivity index (χ0) is 21.5. The van der Waals surface area contributed by atoms with Gasteiger partial charge in [-0.05, 0) is 54.8 Å². The van der Waals surface area contributed by atoms with E-state index in [1.807, 2.05) is 0 Å². The van der Waals surface area contributed by atoms with Crippen molar-refractivity contribution in [2.45, 2.75) is 18.7 Å².